The van der Waals surface area contributed by atoms with Gasteiger partial charge in [-0.3, -0.25) is 0 Å². The first kappa shape index (κ1) is 26.3. The molecule has 0 aliphatic carbocycles. The van der Waals surface area contributed by atoms with E-state index in [-0.39, 0.29) is 31.8 Å². The fourth-order valence-electron chi connectivity index (χ4n) is 5.43. The predicted molar refractivity (Wildman–Crippen MR) is 146 cm³/mol. The van der Waals surface area contributed by atoms with Gasteiger partial charge in [0.1, 0.15) is 0 Å². The van der Waals surface area contributed by atoms with Crippen molar-refractivity contribution in [1.82, 2.24) is 0 Å². The lowest BCUT2D eigenvalue weighted by Crippen LogP contribution is -2.14. The third-order valence-corrected chi connectivity index (χ3v) is 7.59. The Hall–Kier alpha value is -3.95. The molecule has 9 heteroatoms. The quantitative estimate of drug-likeness (QED) is 0.245. The molecule has 2 saturated heterocycles. The minimum atomic E-state index is -0.279. The highest BCUT2D eigenvalue weighted by Crippen LogP contribution is 2.52. The molecule has 4 atom stereocenters. The van der Waals surface area contributed by atoms with Crippen LogP contribution in [0, 0.1) is 11.8 Å². The Balaban J connectivity index is 0.000000177. The van der Waals surface area contributed by atoms with Crippen molar-refractivity contribution < 1.29 is 38.0 Å². The summed E-state index contributed by atoms with van der Waals surface area (Å²) in [4.78, 5) is 11.4. The Labute approximate surface area is 233 Å². The lowest BCUT2D eigenvalue weighted by molar-refractivity contribution is 0.0192. The number of benzene rings is 3. The molecule has 2 N–H and O–H groups in total. The number of ether oxygens (including phenoxy) is 7. The number of hydrogen-bond acceptors (Lipinski definition) is 9. The van der Waals surface area contributed by atoms with Crippen molar-refractivity contribution in [3.8, 4) is 23.0 Å². The maximum atomic E-state index is 11.4. The van der Waals surface area contributed by atoms with E-state index in [9.17, 15) is 4.79 Å². The second-order valence-corrected chi connectivity index (χ2v) is 10.2. The Kier molecular flexibility index (Phi) is 7.66. The normalized spacial score (nSPS) is 23.3. The van der Waals surface area contributed by atoms with Gasteiger partial charge >= 0.3 is 5.97 Å². The van der Waals surface area contributed by atoms with Gasteiger partial charge in [-0.1, -0.05) is 25.5 Å². The Bertz CT molecular complexity index is 1270. The maximum Gasteiger partial charge on any atom is 0.338 e. The lowest BCUT2D eigenvalue weighted by Gasteiger charge is -2.17. The van der Waals surface area contributed by atoms with E-state index in [2.05, 4.69) is 19.1 Å². The van der Waals surface area contributed by atoms with E-state index in [4.69, 9.17) is 38.9 Å². The van der Waals surface area contributed by atoms with Gasteiger partial charge in [0.15, 0.2) is 23.0 Å². The molecule has 0 aromatic heterocycles. The summed E-state index contributed by atoms with van der Waals surface area (Å²) in [5.41, 5.74) is 8.94. The van der Waals surface area contributed by atoms with Crippen LogP contribution in [0.4, 0.5) is 5.69 Å². The summed E-state index contributed by atoms with van der Waals surface area (Å²) in [6.45, 7) is 4.47. The van der Waals surface area contributed by atoms with Crippen LogP contribution >= 0.6 is 0 Å². The molecule has 2 fully saturated rings. The largest absolute Gasteiger partial charge is 0.462 e. The van der Waals surface area contributed by atoms with E-state index < -0.39 is 0 Å². The van der Waals surface area contributed by atoms with Crippen LogP contribution in [0.1, 0.15) is 53.5 Å². The van der Waals surface area contributed by atoms with Crippen molar-refractivity contribution >= 4 is 11.7 Å². The number of nitrogen functional groups attached to an aromatic ring is 1. The van der Waals surface area contributed by atoms with Gasteiger partial charge in [0.25, 0.3) is 0 Å². The first-order chi connectivity index (χ1) is 19.6. The van der Waals surface area contributed by atoms with Gasteiger partial charge in [-0.05, 0) is 66.1 Å². The van der Waals surface area contributed by atoms with Gasteiger partial charge in [-0.25, -0.2) is 4.79 Å². The van der Waals surface area contributed by atoms with Crippen LogP contribution in [0.2, 0.25) is 0 Å². The number of esters is 1. The van der Waals surface area contributed by atoms with Gasteiger partial charge in [-0.15, -0.1) is 0 Å². The highest BCUT2D eigenvalue weighted by molar-refractivity contribution is 5.89. The minimum absolute atomic E-state index is 0.0218. The molecule has 40 heavy (non-hydrogen) atoms. The predicted octanol–water partition coefficient (Wildman–Crippen LogP) is 5.44. The molecular weight excluding hydrogens is 514 g/mol. The fourth-order valence-corrected chi connectivity index (χ4v) is 5.43. The van der Waals surface area contributed by atoms with Gasteiger partial charge in [0.2, 0.25) is 13.6 Å². The highest BCUT2D eigenvalue weighted by atomic mass is 16.7. The van der Waals surface area contributed by atoms with E-state index in [0.29, 0.717) is 42.9 Å². The molecule has 0 saturated carbocycles. The zero-order chi connectivity index (χ0) is 27.5. The van der Waals surface area contributed by atoms with Crippen molar-refractivity contribution in [2.45, 2.75) is 32.0 Å². The summed E-state index contributed by atoms with van der Waals surface area (Å²) < 4.78 is 39.2. The Morgan fingerprint density at radius 2 is 1.30 bits per heavy atom. The molecule has 3 aromatic rings. The summed E-state index contributed by atoms with van der Waals surface area (Å²) >= 11 is 0. The molecule has 210 valence electrons. The van der Waals surface area contributed by atoms with E-state index in [1.807, 2.05) is 24.3 Å². The molecule has 4 aliphatic heterocycles. The first-order valence-electron chi connectivity index (χ1n) is 13.7. The lowest BCUT2D eigenvalue weighted by atomic mass is 9.85. The second kappa shape index (κ2) is 11.7. The molecule has 4 unspecified atom stereocenters. The van der Waals surface area contributed by atoms with Crippen LogP contribution in [0.5, 0.6) is 23.0 Å². The third kappa shape index (κ3) is 5.39. The number of carbonyl (C=O) groups excluding carboxylic acids is 1. The van der Waals surface area contributed by atoms with E-state index in [1.54, 1.807) is 24.3 Å². The summed E-state index contributed by atoms with van der Waals surface area (Å²) in [7, 11) is 0. The number of nitrogens with two attached hydrogens (primary N) is 1. The van der Waals surface area contributed by atoms with E-state index >= 15 is 0 Å². The average molecular weight is 548 g/mol. The number of unbranched alkanes of at least 4 members (excludes halogenated alkanes) is 1. The van der Waals surface area contributed by atoms with Gasteiger partial charge in [0, 0.05) is 17.5 Å². The van der Waals surface area contributed by atoms with Gasteiger partial charge in [0.05, 0.1) is 37.6 Å². The topological polar surface area (TPSA) is 108 Å². The van der Waals surface area contributed by atoms with Crippen molar-refractivity contribution in [2.75, 3.05) is 39.1 Å². The van der Waals surface area contributed by atoms with Gasteiger partial charge in [-0.2, -0.15) is 0 Å². The number of rotatable bonds is 6. The average Bonchev–Trinajstić information content (AvgIpc) is 3.77. The monoisotopic (exact) mass is 547 g/mol. The fraction of sp³-hybridized carbons (Fsp3) is 0.387. The van der Waals surface area contributed by atoms with Crippen molar-refractivity contribution in [3.05, 3.63) is 77.4 Å². The molecule has 0 spiro atoms. The van der Waals surface area contributed by atoms with Crippen LogP contribution in [-0.4, -0.2) is 39.4 Å². The van der Waals surface area contributed by atoms with Crippen LogP contribution in [0.3, 0.4) is 0 Å². The molecule has 9 nitrogen and oxygen atoms in total. The number of hydrogen-bond donors (Lipinski definition) is 1. The van der Waals surface area contributed by atoms with Crippen LogP contribution in [0.25, 0.3) is 0 Å². The molecule has 0 amide bonds. The molecule has 4 heterocycles. The smallest absolute Gasteiger partial charge is 0.338 e. The number of carbonyl (C=O) groups is 1. The van der Waals surface area contributed by atoms with Crippen molar-refractivity contribution in [1.29, 1.82) is 0 Å². The van der Waals surface area contributed by atoms with Crippen LogP contribution in [-0.2, 0) is 14.2 Å². The van der Waals surface area contributed by atoms with Gasteiger partial charge < -0.3 is 38.9 Å². The zero-order valence-electron chi connectivity index (χ0n) is 22.4. The summed E-state index contributed by atoms with van der Waals surface area (Å²) in [5, 5.41) is 0. The molecule has 0 radical (unpaired) electrons. The zero-order valence-corrected chi connectivity index (χ0v) is 22.4. The summed E-state index contributed by atoms with van der Waals surface area (Å²) in [6.07, 6.45) is 1.97. The third-order valence-electron chi connectivity index (χ3n) is 7.59. The van der Waals surface area contributed by atoms with Crippen LogP contribution in [0.15, 0.2) is 60.7 Å². The maximum absolute atomic E-state index is 11.4. The molecule has 0 bridgehead atoms. The van der Waals surface area contributed by atoms with E-state index in [1.165, 1.54) is 0 Å². The molecule has 4 aliphatic rings. The summed E-state index contributed by atoms with van der Waals surface area (Å²) in [5.74, 6) is 3.55. The second-order valence-electron chi connectivity index (χ2n) is 10.2. The SMILES string of the molecule is CCCCOC(=O)c1ccc(N)cc1.c1cc2c(cc1C1OCC3C(c4ccc5c(c4)OCO5)OCC13)OCO2. The molecular formula is C31H33NO8. The number of fused-ring (bicyclic) bond motifs is 3. The Morgan fingerprint density at radius 1 is 0.775 bits per heavy atom. The molecule has 7 rings (SSSR count). The molecule has 3 aromatic carbocycles. The minimum Gasteiger partial charge on any atom is -0.462 e. The summed E-state index contributed by atoms with van der Waals surface area (Å²) in [6, 6.07) is 18.8. The first-order valence-corrected chi connectivity index (χ1v) is 13.7. The van der Waals surface area contributed by atoms with Crippen molar-refractivity contribution in [3.63, 3.8) is 0 Å². The van der Waals surface area contributed by atoms with Crippen LogP contribution < -0.4 is 24.7 Å². The number of anilines is 1. The van der Waals surface area contributed by atoms with Crippen molar-refractivity contribution in [2.24, 2.45) is 11.8 Å². The standard InChI is InChI=1S/C20H18O6.C11H15NO2/c1-3-15-17(25-9-23-15)5-11(1)19-13-7-22-20(14(13)8-21-19)12-2-4-16-18(6-12)26-10-24-16;1-2-3-8-14-11(13)9-4-6-10(12)7-5-9/h1-6,13-14,19-20H,7-10H2;4-7H,2-3,8,12H2,1H3. The van der Waals surface area contributed by atoms with E-state index in [0.717, 1.165) is 47.0 Å². The Morgan fingerprint density at radius 3 is 1.82 bits per heavy atom. The highest BCUT2D eigenvalue weighted by Gasteiger charge is 2.48.